The third-order valence-electron chi connectivity index (χ3n) is 3.73. The number of ether oxygens (including phenoxy) is 1. The van der Waals surface area contributed by atoms with Gasteiger partial charge in [0.2, 0.25) is 0 Å². The van der Waals surface area contributed by atoms with Crippen molar-refractivity contribution in [1.82, 2.24) is 9.88 Å². The second kappa shape index (κ2) is 7.68. The van der Waals surface area contributed by atoms with Crippen LogP contribution in [0.15, 0.2) is 48.5 Å². The second-order valence-corrected chi connectivity index (χ2v) is 7.25. The monoisotopic (exact) mass is 368 g/mol. The van der Waals surface area contributed by atoms with Crippen LogP contribution in [0.1, 0.15) is 20.9 Å². The van der Waals surface area contributed by atoms with Crippen LogP contribution in [0.2, 0.25) is 0 Å². The third-order valence-corrected chi connectivity index (χ3v) is 4.92. The van der Waals surface area contributed by atoms with Crippen LogP contribution < -0.4 is 4.74 Å². The number of hydrogen-bond donors (Lipinski definition) is 1. The maximum absolute atomic E-state index is 11.2. The van der Waals surface area contributed by atoms with Gasteiger partial charge in [0.25, 0.3) is 0 Å². The number of carbonyl (C=O) groups is 1. The second-order valence-electron chi connectivity index (χ2n) is 6.25. The molecule has 3 rings (SSSR count). The van der Waals surface area contributed by atoms with Crippen molar-refractivity contribution in [2.75, 3.05) is 14.1 Å². The third kappa shape index (κ3) is 4.28. The number of rotatable bonds is 6. The van der Waals surface area contributed by atoms with E-state index in [-0.39, 0.29) is 4.88 Å². The lowest BCUT2D eigenvalue weighted by atomic mass is 10.2. The number of thiazole rings is 1. The van der Waals surface area contributed by atoms with E-state index in [0.717, 1.165) is 17.9 Å². The molecular weight excluding hydrogens is 348 g/mol. The highest BCUT2D eigenvalue weighted by atomic mass is 32.1. The predicted molar refractivity (Wildman–Crippen MR) is 103 cm³/mol. The van der Waals surface area contributed by atoms with E-state index in [1.165, 1.54) is 16.9 Å². The van der Waals surface area contributed by atoms with Crippen molar-refractivity contribution in [1.29, 1.82) is 0 Å². The van der Waals surface area contributed by atoms with Crippen LogP contribution in [-0.4, -0.2) is 35.1 Å². The van der Waals surface area contributed by atoms with Gasteiger partial charge in [0.15, 0.2) is 0 Å². The first-order valence-electron chi connectivity index (χ1n) is 8.15. The van der Waals surface area contributed by atoms with E-state index in [1.54, 1.807) is 6.92 Å². The summed E-state index contributed by atoms with van der Waals surface area (Å²) in [5.41, 5.74) is 2.59. The molecule has 0 radical (unpaired) electrons. The summed E-state index contributed by atoms with van der Waals surface area (Å²) in [6.07, 6.45) is 0. The Balaban J connectivity index is 1.79. The normalized spacial score (nSPS) is 10.9. The average molecular weight is 368 g/mol. The maximum atomic E-state index is 11.2. The van der Waals surface area contributed by atoms with Gasteiger partial charge in [-0.25, -0.2) is 9.78 Å². The SMILES string of the molecule is Cc1nc(-c2cccc(Oc3ccc(CN(C)C)cc3)c2)sc1C(=O)O. The maximum Gasteiger partial charge on any atom is 0.347 e. The number of hydrogen-bond acceptors (Lipinski definition) is 5. The van der Waals surface area contributed by atoms with Gasteiger partial charge in [-0.1, -0.05) is 24.3 Å². The van der Waals surface area contributed by atoms with Gasteiger partial charge in [-0.2, -0.15) is 0 Å². The zero-order chi connectivity index (χ0) is 18.7. The molecule has 0 aliphatic rings. The van der Waals surface area contributed by atoms with Gasteiger partial charge in [0, 0.05) is 12.1 Å². The minimum atomic E-state index is -0.948. The molecular formula is C20H20N2O3S. The first-order chi connectivity index (χ1) is 12.4. The molecule has 3 aromatic rings. The van der Waals surface area contributed by atoms with Crippen LogP contribution in [0.5, 0.6) is 11.5 Å². The summed E-state index contributed by atoms with van der Waals surface area (Å²) in [7, 11) is 4.07. The molecule has 0 aliphatic carbocycles. The first-order valence-corrected chi connectivity index (χ1v) is 8.96. The highest BCUT2D eigenvalue weighted by Crippen LogP contribution is 2.31. The molecule has 6 heteroatoms. The number of aromatic carboxylic acids is 1. The Morgan fingerprint density at radius 3 is 2.50 bits per heavy atom. The Kier molecular flexibility index (Phi) is 5.35. The quantitative estimate of drug-likeness (QED) is 0.685. The van der Waals surface area contributed by atoms with Gasteiger partial charge in [-0.05, 0) is 50.8 Å². The molecule has 1 heterocycles. The molecule has 0 amide bonds. The summed E-state index contributed by atoms with van der Waals surface area (Å²) in [5, 5.41) is 9.87. The zero-order valence-corrected chi connectivity index (χ0v) is 15.7. The average Bonchev–Trinajstić information content (AvgIpc) is 2.99. The highest BCUT2D eigenvalue weighted by molar-refractivity contribution is 7.17. The van der Waals surface area contributed by atoms with E-state index < -0.39 is 5.97 Å². The fourth-order valence-electron chi connectivity index (χ4n) is 2.58. The molecule has 134 valence electrons. The molecule has 1 aromatic heterocycles. The Bertz CT molecular complexity index is 917. The van der Waals surface area contributed by atoms with Crippen LogP contribution >= 0.6 is 11.3 Å². The van der Waals surface area contributed by atoms with Gasteiger partial charge in [-0.15, -0.1) is 11.3 Å². The molecule has 0 bridgehead atoms. The Hall–Kier alpha value is -2.70. The van der Waals surface area contributed by atoms with E-state index in [9.17, 15) is 9.90 Å². The van der Waals surface area contributed by atoms with E-state index in [4.69, 9.17) is 4.74 Å². The van der Waals surface area contributed by atoms with Crippen molar-refractivity contribution in [2.45, 2.75) is 13.5 Å². The molecule has 26 heavy (non-hydrogen) atoms. The lowest BCUT2D eigenvalue weighted by molar-refractivity contribution is 0.0701. The fraction of sp³-hybridized carbons (Fsp3) is 0.200. The van der Waals surface area contributed by atoms with Crippen molar-refractivity contribution in [2.24, 2.45) is 0 Å². The van der Waals surface area contributed by atoms with Crippen LogP contribution in [0.4, 0.5) is 0 Å². The van der Waals surface area contributed by atoms with Gasteiger partial charge < -0.3 is 14.7 Å². The number of nitrogens with zero attached hydrogens (tertiary/aromatic N) is 2. The van der Waals surface area contributed by atoms with Gasteiger partial charge in [-0.3, -0.25) is 0 Å². The zero-order valence-electron chi connectivity index (χ0n) is 14.9. The predicted octanol–water partition coefficient (Wildman–Crippen LogP) is 4.67. The summed E-state index contributed by atoms with van der Waals surface area (Å²) in [6.45, 7) is 2.59. The van der Waals surface area contributed by atoms with Crippen molar-refractivity contribution in [3.63, 3.8) is 0 Å². The number of carboxylic acid groups (broad SMARTS) is 1. The fourth-order valence-corrected chi connectivity index (χ4v) is 3.48. The minimum Gasteiger partial charge on any atom is -0.477 e. The molecule has 1 N–H and O–H groups in total. The van der Waals surface area contributed by atoms with Crippen LogP contribution in [-0.2, 0) is 6.54 Å². The minimum absolute atomic E-state index is 0.266. The highest BCUT2D eigenvalue weighted by Gasteiger charge is 2.15. The van der Waals surface area contributed by atoms with E-state index in [2.05, 4.69) is 9.88 Å². The molecule has 0 unspecified atom stereocenters. The van der Waals surface area contributed by atoms with Crippen LogP contribution in [0, 0.1) is 6.92 Å². The van der Waals surface area contributed by atoms with E-state index in [1.807, 2.05) is 62.6 Å². The Morgan fingerprint density at radius 1 is 1.15 bits per heavy atom. The molecule has 0 aliphatic heterocycles. The molecule has 5 nitrogen and oxygen atoms in total. The number of carboxylic acids is 1. The summed E-state index contributed by atoms with van der Waals surface area (Å²) in [4.78, 5) is 18.0. The number of aromatic nitrogens is 1. The lowest BCUT2D eigenvalue weighted by Crippen LogP contribution is -2.10. The van der Waals surface area contributed by atoms with Gasteiger partial charge in [0.1, 0.15) is 21.4 Å². The van der Waals surface area contributed by atoms with E-state index >= 15 is 0 Å². The largest absolute Gasteiger partial charge is 0.477 e. The lowest BCUT2D eigenvalue weighted by Gasteiger charge is -2.11. The Labute approximate surface area is 156 Å². The standard InChI is InChI=1S/C20H20N2O3S/c1-13-18(20(23)24)26-19(21-13)15-5-4-6-17(11-15)25-16-9-7-14(8-10-16)12-22(2)3/h4-11H,12H2,1-3H3,(H,23,24). The number of benzene rings is 2. The van der Waals surface area contributed by atoms with Crippen molar-refractivity contribution < 1.29 is 14.6 Å². The van der Waals surface area contributed by atoms with Gasteiger partial charge in [0.05, 0.1) is 5.69 Å². The molecule has 0 fully saturated rings. The molecule has 0 saturated carbocycles. The summed E-state index contributed by atoms with van der Waals surface area (Å²) in [5.74, 6) is 0.496. The summed E-state index contributed by atoms with van der Waals surface area (Å²) < 4.78 is 5.93. The first kappa shape index (κ1) is 18.1. The van der Waals surface area contributed by atoms with Crippen LogP contribution in [0.25, 0.3) is 10.6 Å². The topological polar surface area (TPSA) is 62.7 Å². The summed E-state index contributed by atoms with van der Waals surface area (Å²) in [6, 6.07) is 15.5. The molecule has 0 saturated heterocycles. The Morgan fingerprint density at radius 2 is 1.88 bits per heavy atom. The smallest absolute Gasteiger partial charge is 0.347 e. The summed E-state index contributed by atoms with van der Waals surface area (Å²) >= 11 is 1.17. The number of aryl methyl sites for hydroxylation is 1. The van der Waals surface area contributed by atoms with Crippen molar-refractivity contribution in [3.05, 3.63) is 64.7 Å². The van der Waals surface area contributed by atoms with Crippen LogP contribution in [0.3, 0.4) is 0 Å². The molecule has 0 atom stereocenters. The molecule has 2 aromatic carbocycles. The van der Waals surface area contributed by atoms with E-state index in [0.29, 0.717) is 16.5 Å². The van der Waals surface area contributed by atoms with Crippen molar-refractivity contribution in [3.8, 4) is 22.1 Å². The van der Waals surface area contributed by atoms with Crippen molar-refractivity contribution >= 4 is 17.3 Å². The van der Waals surface area contributed by atoms with Gasteiger partial charge >= 0.3 is 5.97 Å². The molecule has 0 spiro atoms.